The van der Waals surface area contributed by atoms with E-state index in [1.165, 1.54) is 0 Å². The first-order valence-electron chi connectivity index (χ1n) is 10.3. The van der Waals surface area contributed by atoms with Crippen molar-refractivity contribution in [1.82, 2.24) is 0 Å². The van der Waals surface area contributed by atoms with Gasteiger partial charge in [-0.1, -0.05) is 12.1 Å². The zero-order valence-corrected chi connectivity index (χ0v) is 20.7. The van der Waals surface area contributed by atoms with Gasteiger partial charge in [-0.3, -0.25) is 4.57 Å². The Kier molecular flexibility index (Phi) is 9.63. The first-order chi connectivity index (χ1) is 14.7. The van der Waals surface area contributed by atoms with Crippen molar-refractivity contribution in [3.63, 3.8) is 0 Å². The molecule has 0 aliphatic heterocycles. The fourth-order valence-electron chi connectivity index (χ4n) is 2.94. The molecule has 0 heterocycles. The van der Waals surface area contributed by atoms with E-state index >= 15 is 0 Å². The van der Waals surface area contributed by atoms with Crippen LogP contribution >= 0.6 is 19.4 Å². The first kappa shape index (κ1) is 25.5. The van der Waals surface area contributed by atoms with Crippen molar-refractivity contribution in [3.05, 3.63) is 59.7 Å². The van der Waals surface area contributed by atoms with Gasteiger partial charge >= 0.3 is 13.6 Å². The minimum absolute atomic E-state index is 0.287. The predicted molar refractivity (Wildman–Crippen MR) is 127 cm³/mol. The van der Waals surface area contributed by atoms with Crippen LogP contribution in [0.25, 0.3) is 0 Å². The van der Waals surface area contributed by atoms with Gasteiger partial charge in [0.2, 0.25) is 0 Å². The molecule has 1 atom stereocenters. The number of benzene rings is 2. The summed E-state index contributed by atoms with van der Waals surface area (Å²) < 4.78 is 30.8. The third-order valence-corrected chi connectivity index (χ3v) is 7.40. The van der Waals surface area contributed by atoms with E-state index in [0.717, 1.165) is 10.5 Å². The predicted octanol–water partition coefficient (Wildman–Crippen LogP) is 6.74. The summed E-state index contributed by atoms with van der Waals surface area (Å²) in [6.45, 7) is 9.41. The van der Waals surface area contributed by atoms with Gasteiger partial charge < -0.3 is 19.1 Å². The Labute approximate surface area is 189 Å². The molecule has 0 amide bonds. The van der Waals surface area contributed by atoms with E-state index in [9.17, 15) is 9.36 Å². The van der Waals surface area contributed by atoms with E-state index in [2.05, 4.69) is 5.32 Å². The van der Waals surface area contributed by atoms with E-state index in [4.69, 9.17) is 13.8 Å². The van der Waals surface area contributed by atoms with Crippen LogP contribution in [-0.2, 0) is 18.3 Å². The highest BCUT2D eigenvalue weighted by molar-refractivity contribution is 7.98. The molecule has 2 aromatic rings. The largest absolute Gasteiger partial charge is 0.462 e. The second-order valence-electron chi connectivity index (χ2n) is 7.47. The topological polar surface area (TPSA) is 73.9 Å². The van der Waals surface area contributed by atoms with E-state index in [-0.39, 0.29) is 18.2 Å². The molecule has 1 unspecified atom stereocenters. The lowest BCUT2D eigenvalue weighted by molar-refractivity contribution is 0.0526. The summed E-state index contributed by atoms with van der Waals surface area (Å²) in [5.41, 5.74) is 1.93. The molecule has 170 valence electrons. The Morgan fingerprint density at radius 2 is 1.52 bits per heavy atom. The molecule has 6 nitrogen and oxygen atoms in total. The summed E-state index contributed by atoms with van der Waals surface area (Å²) >= 11 is 1.63. The number of nitrogens with one attached hydrogen (secondary N) is 1. The van der Waals surface area contributed by atoms with Gasteiger partial charge in [0.05, 0.1) is 24.4 Å². The maximum Gasteiger partial charge on any atom is 0.357 e. The molecule has 0 radical (unpaired) electrons. The molecule has 0 saturated heterocycles. The van der Waals surface area contributed by atoms with Crippen LogP contribution in [0, 0.1) is 0 Å². The summed E-state index contributed by atoms with van der Waals surface area (Å²) in [6, 6.07) is 14.7. The number of carbonyl (C=O) groups excluding carboxylic acids is 1. The maximum absolute atomic E-state index is 14.0. The number of carbonyl (C=O) groups is 1. The smallest absolute Gasteiger partial charge is 0.357 e. The van der Waals surface area contributed by atoms with Crippen LogP contribution in [0.15, 0.2) is 53.4 Å². The highest BCUT2D eigenvalue weighted by Gasteiger charge is 2.39. The molecular formula is C23H32NO5PS. The number of ether oxygens (including phenoxy) is 1. The van der Waals surface area contributed by atoms with Crippen LogP contribution in [0.2, 0.25) is 0 Å². The Hall–Kier alpha value is -1.79. The van der Waals surface area contributed by atoms with Crippen molar-refractivity contribution in [2.24, 2.45) is 0 Å². The minimum atomic E-state index is -3.60. The number of hydrogen-bond acceptors (Lipinski definition) is 7. The fourth-order valence-corrected chi connectivity index (χ4v) is 5.66. The standard InChI is InChI=1S/C23H32NO5PS/c1-7-27-23(25)19-8-12-20(13-9-19)24-22(18-10-14-21(31-6)15-11-18)30(26,28-16(2)3)29-17(4)5/h8-17,22,24H,7H2,1-6H3. The lowest BCUT2D eigenvalue weighted by Crippen LogP contribution is -2.19. The quantitative estimate of drug-likeness (QED) is 0.224. The van der Waals surface area contributed by atoms with Crippen molar-refractivity contribution in [2.45, 2.75) is 57.5 Å². The van der Waals surface area contributed by atoms with E-state index < -0.39 is 13.4 Å². The molecule has 2 aromatic carbocycles. The highest BCUT2D eigenvalue weighted by atomic mass is 32.2. The van der Waals surface area contributed by atoms with Crippen LogP contribution in [0.3, 0.4) is 0 Å². The fraction of sp³-hybridized carbons (Fsp3) is 0.435. The molecule has 2 rings (SSSR count). The van der Waals surface area contributed by atoms with Crippen LogP contribution in [0.4, 0.5) is 5.69 Å². The van der Waals surface area contributed by atoms with Gasteiger partial charge in [0.1, 0.15) is 0 Å². The van der Waals surface area contributed by atoms with Crippen molar-refractivity contribution in [2.75, 3.05) is 18.2 Å². The number of rotatable bonds is 11. The first-order valence-corrected chi connectivity index (χ1v) is 13.2. The van der Waals surface area contributed by atoms with Gasteiger partial charge in [-0.05, 0) is 82.8 Å². The van der Waals surface area contributed by atoms with Crippen LogP contribution in [0.5, 0.6) is 0 Å². The van der Waals surface area contributed by atoms with E-state index in [1.807, 2.05) is 58.2 Å². The Morgan fingerprint density at radius 1 is 0.968 bits per heavy atom. The average molecular weight is 466 g/mol. The van der Waals surface area contributed by atoms with E-state index in [1.54, 1.807) is 43.0 Å². The molecule has 0 spiro atoms. The summed E-state index contributed by atoms with van der Waals surface area (Å²) in [5, 5.41) is 3.31. The van der Waals surface area contributed by atoms with Crippen molar-refractivity contribution in [1.29, 1.82) is 0 Å². The number of thioether (sulfide) groups is 1. The molecule has 0 aromatic heterocycles. The number of anilines is 1. The summed E-state index contributed by atoms with van der Waals surface area (Å²) in [7, 11) is -3.60. The lowest BCUT2D eigenvalue weighted by Gasteiger charge is -2.31. The maximum atomic E-state index is 14.0. The Morgan fingerprint density at radius 3 is 1.97 bits per heavy atom. The van der Waals surface area contributed by atoms with Crippen LogP contribution in [-0.4, -0.2) is 31.0 Å². The van der Waals surface area contributed by atoms with Crippen molar-refractivity contribution >= 4 is 31.0 Å². The van der Waals surface area contributed by atoms with Gasteiger partial charge in [0.15, 0.2) is 5.78 Å². The van der Waals surface area contributed by atoms with Gasteiger partial charge in [0.25, 0.3) is 0 Å². The zero-order valence-electron chi connectivity index (χ0n) is 19.0. The number of esters is 1. The molecule has 0 bridgehead atoms. The molecule has 1 N–H and O–H groups in total. The monoisotopic (exact) mass is 465 g/mol. The van der Waals surface area contributed by atoms with Crippen LogP contribution < -0.4 is 5.32 Å². The normalized spacial score (nSPS) is 12.8. The zero-order chi connectivity index (χ0) is 23.0. The summed E-state index contributed by atoms with van der Waals surface area (Å²) in [5.74, 6) is -1.10. The minimum Gasteiger partial charge on any atom is -0.462 e. The van der Waals surface area contributed by atoms with Gasteiger partial charge in [-0.25, -0.2) is 4.79 Å². The Bertz CT molecular complexity index is 870. The SMILES string of the molecule is CCOC(=O)c1ccc(NC(c2ccc(SC)cc2)P(=O)(OC(C)C)OC(C)C)cc1. The summed E-state index contributed by atoms with van der Waals surface area (Å²) in [4.78, 5) is 13.0. The second-order valence-corrected chi connectivity index (χ2v) is 10.4. The van der Waals surface area contributed by atoms with Crippen molar-refractivity contribution < 1.29 is 23.1 Å². The molecule has 0 aliphatic carbocycles. The third-order valence-electron chi connectivity index (χ3n) is 4.16. The second kappa shape index (κ2) is 11.7. The van der Waals surface area contributed by atoms with E-state index in [0.29, 0.717) is 17.9 Å². The van der Waals surface area contributed by atoms with Gasteiger partial charge in [0, 0.05) is 10.6 Å². The van der Waals surface area contributed by atoms with Gasteiger partial charge in [-0.2, -0.15) is 0 Å². The molecule has 0 aliphatic rings. The van der Waals surface area contributed by atoms with Crippen molar-refractivity contribution in [3.8, 4) is 0 Å². The molecule has 0 saturated carbocycles. The molecule has 0 fully saturated rings. The molecular weight excluding hydrogens is 433 g/mol. The highest BCUT2D eigenvalue weighted by Crippen LogP contribution is 2.62. The average Bonchev–Trinajstić information content (AvgIpc) is 2.71. The number of hydrogen-bond donors (Lipinski definition) is 1. The summed E-state index contributed by atoms with van der Waals surface area (Å²) in [6.07, 6.45) is 1.43. The van der Waals surface area contributed by atoms with Crippen LogP contribution in [0.1, 0.15) is 56.3 Å². The van der Waals surface area contributed by atoms with Gasteiger partial charge in [-0.15, -0.1) is 11.8 Å². The molecule has 8 heteroatoms. The lowest BCUT2D eigenvalue weighted by atomic mass is 10.2. The third kappa shape index (κ3) is 7.39. The Balaban J connectivity index is 2.43. The molecule has 31 heavy (non-hydrogen) atoms.